The highest BCUT2D eigenvalue weighted by Gasteiger charge is 2.15. The van der Waals surface area contributed by atoms with Crippen molar-refractivity contribution in [3.8, 4) is 11.5 Å². The van der Waals surface area contributed by atoms with Crippen molar-refractivity contribution in [2.24, 2.45) is 0 Å². The molecule has 4 nitrogen and oxygen atoms in total. The lowest BCUT2D eigenvalue weighted by Gasteiger charge is -2.29. The summed E-state index contributed by atoms with van der Waals surface area (Å²) in [5, 5.41) is 9.98. The van der Waals surface area contributed by atoms with Gasteiger partial charge in [-0.25, -0.2) is 0 Å². The van der Waals surface area contributed by atoms with E-state index in [0.29, 0.717) is 18.8 Å². The quantitative estimate of drug-likeness (QED) is 0.855. The standard InChI is InChI=1S/C14H19NO3S/c1-2-18-12-4-3-11(13(16)10-12)9-14(19)15-5-7-17-8-6-15/h3-4,10,16H,2,5-9H2,1H3. The zero-order valence-corrected chi connectivity index (χ0v) is 11.9. The Hall–Kier alpha value is -1.33. The van der Waals surface area contributed by atoms with E-state index in [1.54, 1.807) is 6.07 Å². The molecule has 1 aromatic rings. The summed E-state index contributed by atoms with van der Waals surface area (Å²) < 4.78 is 10.6. The summed E-state index contributed by atoms with van der Waals surface area (Å²) in [6.07, 6.45) is 0.577. The molecule has 104 valence electrons. The van der Waals surface area contributed by atoms with Crippen LogP contribution in [-0.4, -0.2) is 47.9 Å². The minimum Gasteiger partial charge on any atom is -0.508 e. The highest BCUT2D eigenvalue weighted by Crippen LogP contribution is 2.24. The number of rotatable bonds is 4. The lowest BCUT2D eigenvalue weighted by Crippen LogP contribution is -2.40. The van der Waals surface area contributed by atoms with Crippen molar-refractivity contribution in [1.82, 2.24) is 4.90 Å². The van der Waals surface area contributed by atoms with Crippen molar-refractivity contribution in [3.05, 3.63) is 23.8 Å². The summed E-state index contributed by atoms with van der Waals surface area (Å²) in [5.41, 5.74) is 0.833. The Kier molecular flexibility index (Phi) is 4.99. The van der Waals surface area contributed by atoms with E-state index in [1.807, 2.05) is 19.1 Å². The number of phenols is 1. The van der Waals surface area contributed by atoms with Crippen LogP contribution < -0.4 is 4.74 Å². The highest BCUT2D eigenvalue weighted by molar-refractivity contribution is 7.80. The van der Waals surface area contributed by atoms with Gasteiger partial charge in [0.05, 0.1) is 24.8 Å². The first kappa shape index (κ1) is 14.1. The van der Waals surface area contributed by atoms with Gasteiger partial charge in [0, 0.05) is 31.1 Å². The number of ether oxygens (including phenoxy) is 2. The van der Waals surface area contributed by atoms with Gasteiger partial charge in [0.1, 0.15) is 11.5 Å². The van der Waals surface area contributed by atoms with Gasteiger partial charge in [-0.2, -0.15) is 0 Å². The maximum Gasteiger partial charge on any atom is 0.122 e. The van der Waals surface area contributed by atoms with Gasteiger partial charge in [0.2, 0.25) is 0 Å². The van der Waals surface area contributed by atoms with Crippen molar-refractivity contribution in [3.63, 3.8) is 0 Å². The van der Waals surface area contributed by atoms with Crippen LogP contribution in [0.5, 0.6) is 11.5 Å². The lowest BCUT2D eigenvalue weighted by molar-refractivity contribution is 0.0684. The highest BCUT2D eigenvalue weighted by atomic mass is 32.1. The molecule has 0 amide bonds. The summed E-state index contributed by atoms with van der Waals surface area (Å²) in [7, 11) is 0. The second kappa shape index (κ2) is 6.73. The first-order chi connectivity index (χ1) is 9.20. The largest absolute Gasteiger partial charge is 0.508 e. The van der Waals surface area contributed by atoms with E-state index in [1.165, 1.54) is 0 Å². The van der Waals surface area contributed by atoms with Crippen LogP contribution in [0.4, 0.5) is 0 Å². The Labute approximate surface area is 118 Å². The molecule has 1 fully saturated rings. The van der Waals surface area contributed by atoms with Gasteiger partial charge in [-0.3, -0.25) is 0 Å². The average molecular weight is 281 g/mol. The van der Waals surface area contributed by atoms with Gasteiger partial charge in [-0.1, -0.05) is 18.3 Å². The first-order valence-electron chi connectivity index (χ1n) is 6.51. The fourth-order valence-electron chi connectivity index (χ4n) is 2.04. The summed E-state index contributed by atoms with van der Waals surface area (Å²) in [4.78, 5) is 2.98. The predicted molar refractivity (Wildman–Crippen MR) is 78.0 cm³/mol. The number of thiocarbonyl (C=S) groups is 1. The van der Waals surface area contributed by atoms with Gasteiger partial charge in [0.25, 0.3) is 0 Å². The van der Waals surface area contributed by atoms with Gasteiger partial charge < -0.3 is 19.5 Å². The van der Waals surface area contributed by atoms with E-state index >= 15 is 0 Å². The fourth-order valence-corrected chi connectivity index (χ4v) is 2.38. The summed E-state index contributed by atoms with van der Waals surface area (Å²) in [6.45, 7) is 5.60. The molecule has 2 rings (SSSR count). The van der Waals surface area contributed by atoms with Crippen molar-refractivity contribution < 1.29 is 14.6 Å². The van der Waals surface area contributed by atoms with E-state index < -0.39 is 0 Å². The van der Waals surface area contributed by atoms with Crippen LogP contribution in [0.1, 0.15) is 12.5 Å². The Morgan fingerprint density at radius 2 is 2.16 bits per heavy atom. The molecule has 0 unspecified atom stereocenters. The maximum absolute atomic E-state index is 9.98. The molecule has 19 heavy (non-hydrogen) atoms. The minimum atomic E-state index is 0.238. The van der Waals surface area contributed by atoms with Crippen LogP contribution in [0.3, 0.4) is 0 Å². The Balaban J connectivity index is 2.00. The third-order valence-corrected chi connectivity index (χ3v) is 3.48. The molecule has 1 aromatic carbocycles. The van der Waals surface area contributed by atoms with E-state index in [2.05, 4.69) is 4.90 Å². The van der Waals surface area contributed by atoms with E-state index in [9.17, 15) is 5.11 Å². The molecular weight excluding hydrogens is 262 g/mol. The predicted octanol–water partition coefficient (Wildman–Crippen LogP) is 1.99. The van der Waals surface area contributed by atoms with Crippen LogP contribution in [0.2, 0.25) is 0 Å². The first-order valence-corrected chi connectivity index (χ1v) is 6.91. The number of phenolic OH excluding ortho intramolecular Hbond substituents is 1. The van der Waals surface area contributed by atoms with Gasteiger partial charge >= 0.3 is 0 Å². The zero-order chi connectivity index (χ0) is 13.7. The number of hydrogen-bond donors (Lipinski definition) is 1. The van der Waals surface area contributed by atoms with Gasteiger partial charge in [0.15, 0.2) is 0 Å². The molecule has 5 heteroatoms. The van der Waals surface area contributed by atoms with Crippen molar-refractivity contribution in [2.45, 2.75) is 13.3 Å². The Bertz CT molecular complexity index is 444. The van der Waals surface area contributed by atoms with Gasteiger partial charge in [-0.15, -0.1) is 0 Å². The number of benzene rings is 1. The van der Waals surface area contributed by atoms with Crippen LogP contribution in [0.15, 0.2) is 18.2 Å². The van der Waals surface area contributed by atoms with Crippen molar-refractivity contribution in [1.29, 1.82) is 0 Å². The van der Waals surface area contributed by atoms with Crippen molar-refractivity contribution >= 4 is 17.2 Å². The number of aromatic hydroxyl groups is 1. The van der Waals surface area contributed by atoms with Gasteiger partial charge in [-0.05, 0) is 13.0 Å². The van der Waals surface area contributed by atoms with Crippen LogP contribution in [0.25, 0.3) is 0 Å². The molecule has 1 aliphatic heterocycles. The second-order valence-corrected chi connectivity index (χ2v) is 4.86. The zero-order valence-electron chi connectivity index (χ0n) is 11.1. The number of hydrogen-bond acceptors (Lipinski definition) is 4. The van der Waals surface area contributed by atoms with E-state index in [4.69, 9.17) is 21.7 Å². The van der Waals surface area contributed by atoms with E-state index in [-0.39, 0.29) is 5.75 Å². The molecule has 0 bridgehead atoms. The third kappa shape index (κ3) is 3.81. The molecule has 0 aliphatic carbocycles. The third-order valence-electron chi connectivity index (χ3n) is 3.07. The normalized spacial score (nSPS) is 15.3. The molecule has 0 spiro atoms. The van der Waals surface area contributed by atoms with Crippen molar-refractivity contribution in [2.75, 3.05) is 32.9 Å². The van der Waals surface area contributed by atoms with Crippen LogP contribution >= 0.6 is 12.2 Å². The summed E-state index contributed by atoms with van der Waals surface area (Å²) >= 11 is 5.43. The van der Waals surface area contributed by atoms with E-state index in [0.717, 1.165) is 36.9 Å². The topological polar surface area (TPSA) is 41.9 Å². The molecule has 0 saturated carbocycles. The molecule has 1 heterocycles. The molecule has 0 radical (unpaired) electrons. The second-order valence-electron chi connectivity index (χ2n) is 4.39. The number of nitrogens with zero attached hydrogens (tertiary/aromatic N) is 1. The minimum absolute atomic E-state index is 0.238. The van der Waals surface area contributed by atoms with Crippen LogP contribution in [0, 0.1) is 0 Å². The Morgan fingerprint density at radius 3 is 2.79 bits per heavy atom. The lowest BCUT2D eigenvalue weighted by atomic mass is 10.1. The Morgan fingerprint density at radius 1 is 1.42 bits per heavy atom. The summed E-state index contributed by atoms with van der Waals surface area (Å²) in [5.74, 6) is 0.919. The SMILES string of the molecule is CCOc1ccc(CC(=S)N2CCOCC2)c(O)c1. The average Bonchev–Trinajstić information content (AvgIpc) is 2.43. The summed E-state index contributed by atoms with van der Waals surface area (Å²) in [6, 6.07) is 5.37. The molecule has 1 N–H and O–H groups in total. The fraction of sp³-hybridized carbons (Fsp3) is 0.500. The number of morpholine rings is 1. The smallest absolute Gasteiger partial charge is 0.122 e. The van der Waals surface area contributed by atoms with Crippen LogP contribution in [-0.2, 0) is 11.2 Å². The molecule has 0 aromatic heterocycles. The molecule has 1 saturated heterocycles. The molecule has 0 atom stereocenters. The maximum atomic E-state index is 9.98. The monoisotopic (exact) mass is 281 g/mol. The molecule has 1 aliphatic rings. The molecular formula is C14H19NO3S.